The van der Waals surface area contributed by atoms with Gasteiger partial charge >= 0.3 is 0 Å². The fourth-order valence-corrected chi connectivity index (χ4v) is 2.47. The number of nitrogens with one attached hydrogen (secondary N) is 2. The molecule has 0 atom stereocenters. The second-order valence-corrected chi connectivity index (χ2v) is 5.44. The molecule has 0 aromatic heterocycles. The van der Waals surface area contributed by atoms with Crippen molar-refractivity contribution in [2.24, 2.45) is 0 Å². The molecular formula is C11H17FN2O3S. The zero-order valence-electron chi connectivity index (χ0n) is 10.4. The van der Waals surface area contributed by atoms with Crippen LogP contribution in [0.15, 0.2) is 23.1 Å². The molecule has 0 aliphatic heterocycles. The van der Waals surface area contributed by atoms with Crippen molar-refractivity contribution in [2.75, 3.05) is 27.3 Å². The van der Waals surface area contributed by atoms with E-state index in [1.54, 1.807) is 7.05 Å². The van der Waals surface area contributed by atoms with Crippen LogP contribution in [0.1, 0.15) is 5.56 Å². The Morgan fingerprint density at radius 1 is 1.39 bits per heavy atom. The maximum atomic E-state index is 13.4. The third-order valence-corrected chi connectivity index (χ3v) is 3.75. The van der Waals surface area contributed by atoms with Crippen LogP contribution in [-0.2, 0) is 21.3 Å². The summed E-state index contributed by atoms with van der Waals surface area (Å²) in [5.41, 5.74) is 0.312. The summed E-state index contributed by atoms with van der Waals surface area (Å²) < 4.78 is 44.2. The number of ether oxygens (including phenoxy) is 1. The Morgan fingerprint density at radius 2 is 2.11 bits per heavy atom. The zero-order chi connectivity index (χ0) is 13.6. The lowest BCUT2D eigenvalue weighted by molar-refractivity contribution is 0.204. The summed E-state index contributed by atoms with van der Waals surface area (Å²) in [6, 6.07) is 3.71. The van der Waals surface area contributed by atoms with Gasteiger partial charge in [0.25, 0.3) is 0 Å². The molecule has 0 bridgehead atoms. The lowest BCUT2D eigenvalue weighted by Crippen LogP contribution is -2.27. The highest BCUT2D eigenvalue weighted by atomic mass is 32.2. The Hall–Kier alpha value is -1.02. The molecule has 5 nitrogen and oxygen atoms in total. The number of rotatable bonds is 7. The molecule has 0 aliphatic carbocycles. The molecule has 0 aliphatic rings. The zero-order valence-corrected chi connectivity index (χ0v) is 11.2. The van der Waals surface area contributed by atoms with Crippen molar-refractivity contribution in [3.63, 3.8) is 0 Å². The van der Waals surface area contributed by atoms with Crippen LogP contribution in [0.3, 0.4) is 0 Å². The highest BCUT2D eigenvalue weighted by molar-refractivity contribution is 7.89. The van der Waals surface area contributed by atoms with Gasteiger partial charge in [0.15, 0.2) is 0 Å². The second kappa shape index (κ2) is 6.79. The van der Waals surface area contributed by atoms with Gasteiger partial charge in [-0.25, -0.2) is 17.5 Å². The van der Waals surface area contributed by atoms with Gasteiger partial charge in [0, 0.05) is 25.8 Å². The van der Waals surface area contributed by atoms with Crippen molar-refractivity contribution < 1.29 is 17.5 Å². The Balaban J connectivity index is 2.91. The first-order chi connectivity index (χ1) is 8.51. The Morgan fingerprint density at radius 3 is 2.72 bits per heavy atom. The fourth-order valence-electron chi connectivity index (χ4n) is 1.41. The molecule has 0 amide bonds. The van der Waals surface area contributed by atoms with Crippen LogP contribution in [0, 0.1) is 5.82 Å². The van der Waals surface area contributed by atoms with Gasteiger partial charge in [-0.2, -0.15) is 0 Å². The molecule has 1 rings (SSSR count). The number of hydrogen-bond donors (Lipinski definition) is 2. The van der Waals surface area contributed by atoms with E-state index in [0.29, 0.717) is 5.56 Å². The lowest BCUT2D eigenvalue weighted by Gasteiger charge is -2.08. The van der Waals surface area contributed by atoms with Gasteiger partial charge in [-0.1, -0.05) is 0 Å². The van der Waals surface area contributed by atoms with Gasteiger partial charge in [0.1, 0.15) is 5.82 Å². The molecule has 1 aromatic carbocycles. The van der Waals surface area contributed by atoms with Crippen molar-refractivity contribution >= 4 is 10.0 Å². The molecule has 0 fully saturated rings. The van der Waals surface area contributed by atoms with E-state index in [-0.39, 0.29) is 24.6 Å². The van der Waals surface area contributed by atoms with Gasteiger partial charge in [-0.05, 0) is 25.2 Å². The van der Waals surface area contributed by atoms with Gasteiger partial charge in [0.05, 0.1) is 11.5 Å². The predicted octanol–water partition coefficient (Wildman–Crippen LogP) is 0.470. The molecule has 0 saturated carbocycles. The largest absolute Gasteiger partial charge is 0.383 e. The van der Waals surface area contributed by atoms with Gasteiger partial charge in [-0.15, -0.1) is 0 Å². The first kappa shape index (κ1) is 15.0. The fraction of sp³-hybridized carbons (Fsp3) is 0.455. The molecule has 102 valence electrons. The number of sulfonamides is 1. The van der Waals surface area contributed by atoms with Crippen molar-refractivity contribution in [3.8, 4) is 0 Å². The highest BCUT2D eigenvalue weighted by Gasteiger charge is 2.15. The maximum Gasteiger partial charge on any atom is 0.240 e. The normalized spacial score (nSPS) is 11.7. The van der Waals surface area contributed by atoms with Gasteiger partial charge in [-0.3, -0.25) is 0 Å². The van der Waals surface area contributed by atoms with Crippen LogP contribution in [0.5, 0.6) is 0 Å². The van der Waals surface area contributed by atoms with E-state index in [4.69, 9.17) is 4.74 Å². The van der Waals surface area contributed by atoms with Crippen LogP contribution in [0.4, 0.5) is 4.39 Å². The topological polar surface area (TPSA) is 67.4 Å². The molecular weight excluding hydrogens is 259 g/mol. The minimum Gasteiger partial charge on any atom is -0.383 e. The highest BCUT2D eigenvalue weighted by Crippen LogP contribution is 2.14. The molecule has 7 heteroatoms. The van der Waals surface area contributed by atoms with Crippen molar-refractivity contribution in [3.05, 3.63) is 29.6 Å². The summed E-state index contributed by atoms with van der Waals surface area (Å²) in [6.07, 6.45) is 0. The maximum absolute atomic E-state index is 13.4. The molecule has 18 heavy (non-hydrogen) atoms. The first-order valence-corrected chi connectivity index (χ1v) is 6.91. The van der Waals surface area contributed by atoms with Crippen LogP contribution >= 0.6 is 0 Å². The molecule has 0 spiro atoms. The van der Waals surface area contributed by atoms with Crippen molar-refractivity contribution in [1.82, 2.24) is 10.0 Å². The summed E-state index contributed by atoms with van der Waals surface area (Å²) in [4.78, 5) is 0.0465. The summed E-state index contributed by atoms with van der Waals surface area (Å²) >= 11 is 0. The smallest absolute Gasteiger partial charge is 0.240 e. The minimum absolute atomic E-state index is 0.0465. The van der Waals surface area contributed by atoms with E-state index < -0.39 is 15.8 Å². The summed E-state index contributed by atoms with van der Waals surface area (Å²) in [7, 11) is -0.467. The number of benzene rings is 1. The van der Waals surface area contributed by atoms with Crippen molar-refractivity contribution in [2.45, 2.75) is 11.4 Å². The Bertz CT molecular complexity index is 491. The summed E-state index contributed by atoms with van der Waals surface area (Å²) in [5.74, 6) is -0.430. The molecule has 0 radical (unpaired) electrons. The molecule has 1 aromatic rings. The second-order valence-electron chi connectivity index (χ2n) is 3.67. The van der Waals surface area contributed by atoms with E-state index >= 15 is 0 Å². The summed E-state index contributed by atoms with van der Waals surface area (Å²) in [5, 5.41) is 2.78. The molecule has 0 saturated heterocycles. The van der Waals surface area contributed by atoms with E-state index in [1.807, 2.05) is 0 Å². The number of methoxy groups -OCH3 is 1. The third kappa shape index (κ3) is 4.02. The standard InChI is InChI=1S/C11H17FN2O3S/c1-13-8-9-7-10(3-4-11(9)12)18(15,16)14-5-6-17-2/h3-4,7,13-14H,5-6,8H2,1-2H3. The predicted molar refractivity (Wildman–Crippen MR) is 66.2 cm³/mol. The third-order valence-electron chi connectivity index (χ3n) is 2.29. The van der Waals surface area contributed by atoms with Crippen LogP contribution in [-0.4, -0.2) is 35.7 Å². The first-order valence-electron chi connectivity index (χ1n) is 5.43. The van der Waals surface area contributed by atoms with E-state index in [2.05, 4.69) is 10.0 Å². The average molecular weight is 276 g/mol. The number of hydrogen-bond acceptors (Lipinski definition) is 4. The molecule has 0 heterocycles. The van der Waals surface area contributed by atoms with E-state index in [0.717, 1.165) is 6.07 Å². The number of halogens is 1. The quantitative estimate of drug-likeness (QED) is 0.710. The summed E-state index contributed by atoms with van der Waals surface area (Å²) in [6.45, 7) is 0.731. The van der Waals surface area contributed by atoms with Crippen LogP contribution in [0.25, 0.3) is 0 Å². The molecule has 2 N–H and O–H groups in total. The van der Waals surface area contributed by atoms with E-state index in [9.17, 15) is 12.8 Å². The molecule has 0 unspecified atom stereocenters. The van der Waals surface area contributed by atoms with Crippen LogP contribution in [0.2, 0.25) is 0 Å². The SMILES string of the molecule is CNCc1cc(S(=O)(=O)NCCOC)ccc1F. The van der Waals surface area contributed by atoms with Crippen LogP contribution < -0.4 is 10.0 Å². The van der Waals surface area contributed by atoms with Gasteiger partial charge < -0.3 is 10.1 Å². The average Bonchev–Trinajstić information content (AvgIpc) is 2.32. The van der Waals surface area contributed by atoms with Crippen molar-refractivity contribution in [1.29, 1.82) is 0 Å². The Labute approximate surface area is 106 Å². The van der Waals surface area contributed by atoms with Gasteiger partial charge in [0.2, 0.25) is 10.0 Å². The lowest BCUT2D eigenvalue weighted by atomic mass is 10.2. The Kier molecular flexibility index (Phi) is 5.67. The monoisotopic (exact) mass is 276 g/mol. The van der Waals surface area contributed by atoms with E-state index in [1.165, 1.54) is 19.2 Å². The minimum atomic E-state index is -3.61.